The Bertz CT molecular complexity index is 851. The highest BCUT2D eigenvalue weighted by molar-refractivity contribution is 5.94. The predicted molar refractivity (Wildman–Crippen MR) is 140 cm³/mol. The molecular weight excluding hydrogens is 474 g/mol. The average molecular weight is 522 g/mol. The fraction of sp³-hybridized carbons (Fsp3) is 0.857. The topological polar surface area (TPSA) is 114 Å². The minimum Gasteiger partial charge on any atom is -0.464 e. The molecule has 1 aliphatic carbocycles. The zero-order valence-corrected chi connectivity index (χ0v) is 23.6. The van der Waals surface area contributed by atoms with Gasteiger partial charge in [-0.2, -0.15) is 0 Å². The first kappa shape index (κ1) is 29.2. The molecule has 2 aliphatic heterocycles. The fourth-order valence-corrected chi connectivity index (χ4v) is 6.05. The summed E-state index contributed by atoms with van der Waals surface area (Å²) in [5.74, 6) is -0.775. The van der Waals surface area contributed by atoms with Crippen LogP contribution in [-0.2, 0) is 23.9 Å². The number of alkyl carbamates (subject to hydrolysis) is 1. The molecule has 0 bridgehead atoms. The van der Waals surface area contributed by atoms with Crippen molar-refractivity contribution < 1.29 is 28.7 Å². The van der Waals surface area contributed by atoms with Gasteiger partial charge in [0.25, 0.3) is 0 Å². The van der Waals surface area contributed by atoms with Crippen LogP contribution in [0.3, 0.4) is 0 Å². The standard InChI is InChI=1S/C28H47N3O6/c1-7-36-25(34)20-16-14-12-10-8-9-11-13-15-19(30-26(35)37-27(2,3)4)24(33)31-17-18-21(28(18,5)6)22(31)23(32)29-20/h18-22H,7-17H2,1-6H3,(H,29,32)(H,30,35)/t18-,19-,20-,21-,22-/m0/s1. The number of nitrogens with zero attached hydrogens (tertiary/aromatic N) is 1. The molecule has 0 unspecified atom stereocenters. The second-order valence-corrected chi connectivity index (χ2v) is 12.5. The number of fused-ring (bicyclic) bond motifs is 3. The lowest BCUT2D eigenvalue weighted by molar-refractivity contribution is -0.149. The summed E-state index contributed by atoms with van der Waals surface area (Å²) in [4.78, 5) is 54.4. The normalized spacial score (nSPS) is 31.0. The number of amides is 3. The summed E-state index contributed by atoms with van der Waals surface area (Å²) < 4.78 is 10.7. The van der Waals surface area contributed by atoms with Crippen LogP contribution in [0.1, 0.15) is 99.3 Å². The molecule has 0 aromatic carbocycles. The molecule has 3 amide bonds. The Kier molecular flexibility index (Phi) is 9.51. The van der Waals surface area contributed by atoms with E-state index in [9.17, 15) is 19.2 Å². The molecule has 9 heteroatoms. The average Bonchev–Trinajstić information content (AvgIpc) is 3.13. The Hall–Kier alpha value is -2.32. The third kappa shape index (κ3) is 7.38. The first-order chi connectivity index (χ1) is 17.4. The number of piperidine rings is 1. The number of carbonyl (C=O) groups excluding carboxylic acids is 4. The highest BCUT2D eigenvalue weighted by Crippen LogP contribution is 2.65. The van der Waals surface area contributed by atoms with E-state index < -0.39 is 35.8 Å². The second kappa shape index (κ2) is 12.0. The quantitative estimate of drug-likeness (QED) is 0.544. The highest BCUT2D eigenvalue weighted by Gasteiger charge is 2.69. The number of esters is 1. The van der Waals surface area contributed by atoms with E-state index in [4.69, 9.17) is 9.47 Å². The van der Waals surface area contributed by atoms with Gasteiger partial charge in [0.2, 0.25) is 11.8 Å². The van der Waals surface area contributed by atoms with E-state index in [-0.39, 0.29) is 35.7 Å². The van der Waals surface area contributed by atoms with Gasteiger partial charge < -0.3 is 25.0 Å². The molecule has 210 valence electrons. The molecule has 0 aromatic rings. The summed E-state index contributed by atoms with van der Waals surface area (Å²) in [6.07, 6.45) is 7.14. The molecule has 2 saturated heterocycles. The van der Waals surface area contributed by atoms with E-state index in [0.29, 0.717) is 19.4 Å². The van der Waals surface area contributed by atoms with Crippen LogP contribution in [0.2, 0.25) is 0 Å². The van der Waals surface area contributed by atoms with Crippen LogP contribution in [0.25, 0.3) is 0 Å². The van der Waals surface area contributed by atoms with Crippen molar-refractivity contribution >= 4 is 23.9 Å². The molecule has 5 atom stereocenters. The van der Waals surface area contributed by atoms with Gasteiger partial charge in [0, 0.05) is 6.54 Å². The molecule has 37 heavy (non-hydrogen) atoms. The van der Waals surface area contributed by atoms with E-state index in [0.717, 1.165) is 44.9 Å². The van der Waals surface area contributed by atoms with Gasteiger partial charge in [0.05, 0.1) is 6.61 Å². The van der Waals surface area contributed by atoms with Crippen LogP contribution in [0.5, 0.6) is 0 Å². The summed E-state index contributed by atoms with van der Waals surface area (Å²) >= 11 is 0. The van der Waals surface area contributed by atoms with Gasteiger partial charge in [0.15, 0.2) is 0 Å². The largest absolute Gasteiger partial charge is 0.464 e. The van der Waals surface area contributed by atoms with Crippen molar-refractivity contribution in [1.29, 1.82) is 0 Å². The van der Waals surface area contributed by atoms with Crippen molar-refractivity contribution in [3.05, 3.63) is 0 Å². The molecule has 2 heterocycles. The SMILES string of the molecule is CCOC(=O)[C@@H]1CCCCCCCCC[C@H](NC(=O)OC(C)(C)C)C(=O)N2C[C@H]3[C@@H]([C@H]2C(=O)N1)C3(C)C. The number of nitrogens with one attached hydrogen (secondary N) is 2. The van der Waals surface area contributed by atoms with Crippen molar-refractivity contribution in [3.8, 4) is 0 Å². The maximum Gasteiger partial charge on any atom is 0.408 e. The number of carbonyl (C=O) groups is 4. The lowest BCUT2D eigenvalue weighted by Crippen LogP contribution is -2.57. The van der Waals surface area contributed by atoms with Crippen LogP contribution >= 0.6 is 0 Å². The molecular formula is C28H47N3O6. The van der Waals surface area contributed by atoms with Gasteiger partial charge in [-0.15, -0.1) is 0 Å². The smallest absolute Gasteiger partial charge is 0.408 e. The minimum atomic E-state index is -0.764. The number of hydrogen-bond donors (Lipinski definition) is 2. The third-order valence-corrected chi connectivity index (χ3v) is 8.12. The van der Waals surface area contributed by atoms with E-state index >= 15 is 0 Å². The minimum absolute atomic E-state index is 0.0142. The zero-order chi connectivity index (χ0) is 27.4. The molecule has 9 nitrogen and oxygen atoms in total. The van der Waals surface area contributed by atoms with Gasteiger partial charge in [-0.3, -0.25) is 9.59 Å². The summed E-state index contributed by atoms with van der Waals surface area (Å²) in [6.45, 7) is 12.0. The number of rotatable bonds is 3. The van der Waals surface area contributed by atoms with Crippen molar-refractivity contribution in [2.24, 2.45) is 17.3 Å². The Labute approximate surface area is 221 Å². The van der Waals surface area contributed by atoms with Crippen LogP contribution in [0.4, 0.5) is 4.79 Å². The van der Waals surface area contributed by atoms with Crippen molar-refractivity contribution in [3.63, 3.8) is 0 Å². The van der Waals surface area contributed by atoms with Gasteiger partial charge in [-0.1, -0.05) is 58.8 Å². The van der Waals surface area contributed by atoms with Crippen LogP contribution < -0.4 is 10.6 Å². The lowest BCUT2D eigenvalue weighted by Gasteiger charge is -2.34. The van der Waals surface area contributed by atoms with E-state index in [1.54, 1.807) is 32.6 Å². The molecule has 0 aromatic heterocycles. The fourth-order valence-electron chi connectivity index (χ4n) is 6.05. The Morgan fingerprint density at radius 3 is 2.22 bits per heavy atom. The molecule has 1 saturated carbocycles. The summed E-state index contributed by atoms with van der Waals surface area (Å²) in [7, 11) is 0. The highest BCUT2D eigenvalue weighted by atomic mass is 16.6. The van der Waals surface area contributed by atoms with Gasteiger partial charge in [-0.25, -0.2) is 9.59 Å². The summed E-state index contributed by atoms with van der Waals surface area (Å²) in [5.41, 5.74) is -0.748. The first-order valence-electron chi connectivity index (χ1n) is 14.1. The molecule has 3 rings (SSSR count). The Morgan fingerprint density at radius 1 is 1.03 bits per heavy atom. The van der Waals surface area contributed by atoms with Crippen LogP contribution in [0, 0.1) is 17.3 Å². The molecule has 3 aliphatic rings. The van der Waals surface area contributed by atoms with Crippen LogP contribution in [-0.4, -0.2) is 65.7 Å². The first-order valence-corrected chi connectivity index (χ1v) is 14.1. The number of ether oxygens (including phenoxy) is 2. The molecule has 0 spiro atoms. The van der Waals surface area contributed by atoms with Gasteiger partial charge >= 0.3 is 12.1 Å². The molecule has 2 N–H and O–H groups in total. The van der Waals surface area contributed by atoms with E-state index in [2.05, 4.69) is 24.5 Å². The zero-order valence-electron chi connectivity index (χ0n) is 23.6. The number of hydrogen-bond acceptors (Lipinski definition) is 6. The molecule has 3 fully saturated rings. The summed E-state index contributed by atoms with van der Waals surface area (Å²) in [6, 6.07) is -2.17. The maximum absolute atomic E-state index is 13.8. The Morgan fingerprint density at radius 2 is 1.62 bits per heavy atom. The third-order valence-electron chi connectivity index (χ3n) is 8.12. The van der Waals surface area contributed by atoms with Crippen LogP contribution in [0.15, 0.2) is 0 Å². The van der Waals surface area contributed by atoms with Gasteiger partial charge in [-0.05, 0) is 57.8 Å². The molecule has 0 radical (unpaired) electrons. The van der Waals surface area contributed by atoms with Crippen molar-refractivity contribution in [1.82, 2.24) is 15.5 Å². The van der Waals surface area contributed by atoms with Crippen molar-refractivity contribution in [2.45, 2.75) is 123 Å². The predicted octanol–water partition coefficient (Wildman–Crippen LogP) is 3.94. The second-order valence-electron chi connectivity index (χ2n) is 12.5. The monoisotopic (exact) mass is 521 g/mol. The Balaban J connectivity index is 1.85. The van der Waals surface area contributed by atoms with E-state index in [1.807, 2.05) is 0 Å². The van der Waals surface area contributed by atoms with Crippen molar-refractivity contribution in [2.75, 3.05) is 13.2 Å². The maximum atomic E-state index is 13.8. The van der Waals surface area contributed by atoms with Gasteiger partial charge in [0.1, 0.15) is 23.7 Å². The summed E-state index contributed by atoms with van der Waals surface area (Å²) in [5, 5.41) is 5.73. The lowest BCUT2D eigenvalue weighted by atomic mass is 9.97. The van der Waals surface area contributed by atoms with E-state index in [1.165, 1.54) is 0 Å².